The molecular formula is C15H18N4O2S2. The molecule has 2 N–H and O–H groups in total. The Morgan fingerprint density at radius 2 is 2.09 bits per heavy atom. The first-order chi connectivity index (χ1) is 11.1. The van der Waals surface area contributed by atoms with Gasteiger partial charge >= 0.3 is 6.03 Å². The average molecular weight is 350 g/mol. The third kappa shape index (κ3) is 3.32. The first-order valence-corrected chi connectivity index (χ1v) is 9.24. The summed E-state index contributed by atoms with van der Waals surface area (Å²) < 4.78 is 0. The summed E-state index contributed by atoms with van der Waals surface area (Å²) in [5.74, 6) is -0.329. The Morgan fingerprint density at radius 1 is 1.30 bits per heavy atom. The first-order valence-electron chi connectivity index (χ1n) is 7.54. The number of nitrogens with zero attached hydrogens (tertiary/aromatic N) is 2. The minimum Gasteiger partial charge on any atom is -0.341 e. The van der Waals surface area contributed by atoms with Crippen LogP contribution in [0.1, 0.15) is 30.2 Å². The zero-order valence-electron chi connectivity index (χ0n) is 13.0. The fourth-order valence-electron chi connectivity index (χ4n) is 2.65. The molecule has 2 heterocycles. The number of thioether (sulfide) groups is 1. The number of amides is 3. The van der Waals surface area contributed by atoms with Gasteiger partial charge in [0.25, 0.3) is 0 Å². The van der Waals surface area contributed by atoms with Gasteiger partial charge in [-0.25, -0.2) is 14.8 Å². The molecule has 0 aliphatic heterocycles. The molecule has 1 aliphatic carbocycles. The smallest absolute Gasteiger partial charge is 0.321 e. The Morgan fingerprint density at radius 3 is 2.87 bits per heavy atom. The maximum Gasteiger partial charge on any atom is 0.321 e. The Bertz CT molecular complexity index is 759. The second kappa shape index (κ2) is 6.84. The quantitative estimate of drug-likeness (QED) is 0.656. The van der Waals surface area contributed by atoms with Crippen molar-refractivity contribution < 1.29 is 9.59 Å². The SMILES string of the molecule is CNC(=O)NC(=O)C(C)Sc1ncnc2sc3c(c12)CCCC3. The number of carbonyl (C=O) groups is 2. The van der Waals surface area contributed by atoms with Gasteiger partial charge in [0.2, 0.25) is 5.91 Å². The van der Waals surface area contributed by atoms with Crippen LogP contribution in [-0.2, 0) is 17.6 Å². The van der Waals surface area contributed by atoms with E-state index in [9.17, 15) is 9.59 Å². The molecule has 0 saturated carbocycles. The van der Waals surface area contributed by atoms with E-state index in [0.29, 0.717) is 0 Å². The number of aryl methyl sites for hydroxylation is 2. The van der Waals surface area contributed by atoms with Crippen LogP contribution < -0.4 is 10.6 Å². The summed E-state index contributed by atoms with van der Waals surface area (Å²) in [4.78, 5) is 34.5. The average Bonchev–Trinajstić information content (AvgIpc) is 2.94. The van der Waals surface area contributed by atoms with Crippen molar-refractivity contribution in [1.82, 2.24) is 20.6 Å². The molecule has 2 aromatic heterocycles. The predicted molar refractivity (Wildman–Crippen MR) is 92.0 cm³/mol. The van der Waals surface area contributed by atoms with E-state index in [2.05, 4.69) is 20.6 Å². The number of thiophene rings is 1. The van der Waals surface area contributed by atoms with Gasteiger partial charge in [-0.2, -0.15) is 0 Å². The van der Waals surface area contributed by atoms with Gasteiger partial charge in [-0.05, 0) is 38.2 Å². The number of aromatic nitrogens is 2. The van der Waals surface area contributed by atoms with Crippen LogP contribution in [0.2, 0.25) is 0 Å². The van der Waals surface area contributed by atoms with Crippen molar-refractivity contribution in [2.75, 3.05) is 7.05 Å². The van der Waals surface area contributed by atoms with Gasteiger partial charge in [0.15, 0.2) is 0 Å². The zero-order chi connectivity index (χ0) is 16.4. The van der Waals surface area contributed by atoms with Crippen LogP contribution in [0.4, 0.5) is 4.79 Å². The number of carbonyl (C=O) groups excluding carboxylic acids is 2. The summed E-state index contributed by atoms with van der Waals surface area (Å²) in [6.45, 7) is 1.77. The van der Waals surface area contributed by atoms with E-state index in [4.69, 9.17) is 0 Å². The number of fused-ring (bicyclic) bond motifs is 3. The minimum atomic E-state index is -0.497. The molecule has 6 nitrogen and oxygen atoms in total. The van der Waals surface area contributed by atoms with Crippen LogP contribution in [0.25, 0.3) is 10.2 Å². The van der Waals surface area contributed by atoms with Crippen LogP contribution in [0, 0.1) is 0 Å². The zero-order valence-corrected chi connectivity index (χ0v) is 14.6. The van der Waals surface area contributed by atoms with E-state index in [1.807, 2.05) is 0 Å². The highest BCUT2D eigenvalue weighted by atomic mass is 32.2. The lowest BCUT2D eigenvalue weighted by molar-refractivity contribution is -0.119. The van der Waals surface area contributed by atoms with Crippen molar-refractivity contribution >= 4 is 45.3 Å². The van der Waals surface area contributed by atoms with Gasteiger partial charge in [0.1, 0.15) is 16.2 Å². The highest BCUT2D eigenvalue weighted by molar-refractivity contribution is 8.00. The fraction of sp³-hybridized carbons (Fsp3) is 0.467. The summed E-state index contributed by atoms with van der Waals surface area (Å²) in [6.07, 6.45) is 6.11. The molecular weight excluding hydrogens is 332 g/mol. The number of hydrogen-bond donors (Lipinski definition) is 2. The Hall–Kier alpha value is -1.67. The van der Waals surface area contributed by atoms with E-state index in [-0.39, 0.29) is 5.91 Å². The monoisotopic (exact) mass is 350 g/mol. The largest absolute Gasteiger partial charge is 0.341 e. The van der Waals surface area contributed by atoms with Gasteiger partial charge in [-0.1, -0.05) is 11.8 Å². The van der Waals surface area contributed by atoms with E-state index < -0.39 is 11.3 Å². The topological polar surface area (TPSA) is 84.0 Å². The highest BCUT2D eigenvalue weighted by Crippen LogP contribution is 2.40. The molecule has 0 bridgehead atoms. The van der Waals surface area contributed by atoms with Crippen LogP contribution in [-0.4, -0.2) is 34.2 Å². The number of urea groups is 1. The summed E-state index contributed by atoms with van der Waals surface area (Å²) in [6, 6.07) is -0.497. The highest BCUT2D eigenvalue weighted by Gasteiger charge is 2.23. The van der Waals surface area contributed by atoms with Gasteiger partial charge < -0.3 is 5.32 Å². The molecule has 1 aliphatic rings. The van der Waals surface area contributed by atoms with Gasteiger partial charge in [-0.15, -0.1) is 11.3 Å². The van der Waals surface area contributed by atoms with Gasteiger partial charge in [-0.3, -0.25) is 10.1 Å². The lowest BCUT2D eigenvalue weighted by Crippen LogP contribution is -2.41. The first kappa shape index (κ1) is 16.2. The molecule has 122 valence electrons. The fourth-order valence-corrected chi connectivity index (χ4v) is 4.89. The predicted octanol–water partition coefficient (Wildman–Crippen LogP) is 2.51. The van der Waals surface area contributed by atoms with Crippen LogP contribution in [0.15, 0.2) is 11.4 Å². The van der Waals surface area contributed by atoms with Crippen molar-refractivity contribution in [3.05, 3.63) is 16.8 Å². The number of rotatable bonds is 3. The van der Waals surface area contributed by atoms with Crippen LogP contribution in [0.5, 0.6) is 0 Å². The summed E-state index contributed by atoms with van der Waals surface area (Å²) >= 11 is 3.11. The van der Waals surface area contributed by atoms with E-state index >= 15 is 0 Å². The molecule has 0 aromatic carbocycles. The van der Waals surface area contributed by atoms with E-state index in [1.54, 1.807) is 24.6 Å². The molecule has 0 spiro atoms. The lowest BCUT2D eigenvalue weighted by Gasteiger charge is -2.13. The molecule has 0 saturated heterocycles. The van der Waals surface area contributed by atoms with Crippen LogP contribution >= 0.6 is 23.1 Å². The number of imide groups is 1. The maximum atomic E-state index is 12.0. The van der Waals surface area contributed by atoms with Gasteiger partial charge in [0.05, 0.1) is 5.25 Å². The normalized spacial score (nSPS) is 15.0. The van der Waals surface area contributed by atoms with E-state index in [0.717, 1.165) is 28.1 Å². The third-order valence-corrected chi connectivity index (χ3v) is 6.14. The second-order valence-corrected chi connectivity index (χ2v) is 7.81. The van der Waals surface area contributed by atoms with Crippen LogP contribution in [0.3, 0.4) is 0 Å². The molecule has 1 unspecified atom stereocenters. The summed E-state index contributed by atoms with van der Waals surface area (Å²) in [5, 5.41) is 6.19. The van der Waals surface area contributed by atoms with Crippen molar-refractivity contribution in [3.8, 4) is 0 Å². The Kier molecular flexibility index (Phi) is 4.82. The maximum absolute atomic E-state index is 12.0. The minimum absolute atomic E-state index is 0.329. The molecule has 0 fully saturated rings. The second-order valence-electron chi connectivity index (χ2n) is 5.40. The molecule has 23 heavy (non-hydrogen) atoms. The molecule has 1 atom stereocenters. The Labute approximate surface area is 142 Å². The molecule has 3 amide bonds. The standard InChI is InChI=1S/C15H18N4O2S2/c1-8(12(20)19-15(21)16-2)22-13-11-9-5-3-4-6-10(9)23-14(11)18-7-17-13/h7-8H,3-6H2,1-2H3,(H2,16,19,20,21). The number of hydrogen-bond acceptors (Lipinski definition) is 6. The molecule has 8 heteroatoms. The molecule has 3 rings (SSSR count). The van der Waals surface area contributed by atoms with E-state index in [1.165, 1.54) is 42.1 Å². The van der Waals surface area contributed by atoms with Crippen molar-refractivity contribution in [3.63, 3.8) is 0 Å². The third-order valence-electron chi connectivity index (χ3n) is 3.84. The van der Waals surface area contributed by atoms with Crippen molar-refractivity contribution in [2.45, 2.75) is 42.9 Å². The van der Waals surface area contributed by atoms with Crippen molar-refractivity contribution in [2.24, 2.45) is 0 Å². The van der Waals surface area contributed by atoms with Gasteiger partial charge in [0, 0.05) is 17.3 Å². The van der Waals surface area contributed by atoms with Crippen molar-refractivity contribution in [1.29, 1.82) is 0 Å². The Balaban J connectivity index is 1.86. The summed E-state index contributed by atoms with van der Waals surface area (Å²) in [7, 11) is 1.48. The summed E-state index contributed by atoms with van der Waals surface area (Å²) in [5.41, 5.74) is 1.35. The lowest BCUT2D eigenvalue weighted by atomic mass is 9.97. The molecule has 0 radical (unpaired) electrons. The number of nitrogens with one attached hydrogen (secondary N) is 2. The molecule has 2 aromatic rings.